The predicted octanol–water partition coefficient (Wildman–Crippen LogP) is 4.43. The van der Waals surface area contributed by atoms with E-state index in [1.54, 1.807) is 13.8 Å². The van der Waals surface area contributed by atoms with Gasteiger partial charge in [-0.15, -0.1) is 0 Å². The number of nitrogens with one attached hydrogen (secondary N) is 2. The first kappa shape index (κ1) is 29.7. The highest BCUT2D eigenvalue weighted by atomic mass is 19.2. The highest BCUT2D eigenvalue weighted by molar-refractivity contribution is 5.94. The molecule has 0 atom stereocenters. The zero-order valence-electron chi connectivity index (χ0n) is 23.2. The number of benzene rings is 2. The van der Waals surface area contributed by atoms with E-state index in [-0.39, 0.29) is 35.6 Å². The van der Waals surface area contributed by atoms with Gasteiger partial charge >= 0.3 is 0 Å². The van der Waals surface area contributed by atoms with Gasteiger partial charge in [0.15, 0.2) is 23.1 Å². The average molecular weight is 589 g/mol. The Kier molecular flexibility index (Phi) is 8.13. The van der Waals surface area contributed by atoms with Crippen molar-refractivity contribution < 1.29 is 36.8 Å². The van der Waals surface area contributed by atoms with Gasteiger partial charge in [-0.2, -0.15) is 0 Å². The summed E-state index contributed by atoms with van der Waals surface area (Å²) in [6.45, 7) is 4.04. The third-order valence-corrected chi connectivity index (χ3v) is 8.10. The molecule has 2 amide bonds. The van der Waals surface area contributed by atoms with Crippen molar-refractivity contribution in [1.29, 1.82) is 0 Å². The zero-order chi connectivity index (χ0) is 30.2. The van der Waals surface area contributed by atoms with Gasteiger partial charge in [-0.05, 0) is 69.4 Å². The number of amides is 2. The Morgan fingerprint density at radius 3 is 2.38 bits per heavy atom. The number of carbonyl (C=O) groups is 2. The van der Waals surface area contributed by atoms with E-state index in [4.69, 9.17) is 4.52 Å². The minimum atomic E-state index is -1.04. The number of aliphatic hydroxyl groups is 1. The topological polar surface area (TPSA) is 108 Å². The lowest BCUT2D eigenvalue weighted by molar-refractivity contribution is -0.127. The summed E-state index contributed by atoms with van der Waals surface area (Å²) in [6, 6.07) is 7.79. The molecule has 0 spiro atoms. The van der Waals surface area contributed by atoms with Crippen LogP contribution in [0.15, 0.2) is 47.0 Å². The Hall–Kier alpha value is -3.77. The van der Waals surface area contributed by atoms with Crippen LogP contribution in [0.5, 0.6) is 0 Å². The molecule has 2 aliphatic rings. The molecule has 3 aromatic rings. The quantitative estimate of drug-likeness (QED) is 0.336. The maximum Gasteiger partial charge on any atom is 0.274 e. The highest BCUT2D eigenvalue weighted by Crippen LogP contribution is 2.34. The van der Waals surface area contributed by atoms with Gasteiger partial charge in [-0.25, -0.2) is 17.6 Å². The van der Waals surface area contributed by atoms with Gasteiger partial charge in [-0.1, -0.05) is 11.2 Å². The number of halogens is 4. The van der Waals surface area contributed by atoms with Gasteiger partial charge in [0.1, 0.15) is 11.6 Å². The first-order chi connectivity index (χ1) is 19.8. The Balaban J connectivity index is 1.31. The summed E-state index contributed by atoms with van der Waals surface area (Å²) >= 11 is 0. The fourth-order valence-corrected chi connectivity index (χ4v) is 5.81. The smallest absolute Gasteiger partial charge is 0.274 e. The number of aromatic nitrogens is 1. The predicted molar refractivity (Wildman–Crippen MR) is 144 cm³/mol. The van der Waals surface area contributed by atoms with Gasteiger partial charge < -0.3 is 20.3 Å². The Morgan fingerprint density at radius 1 is 1.00 bits per heavy atom. The first-order valence-corrected chi connectivity index (χ1v) is 13.8. The molecule has 12 heteroatoms. The maximum atomic E-state index is 14.2. The number of likely N-dealkylation sites (tertiary alicyclic amines) is 1. The highest BCUT2D eigenvalue weighted by Gasteiger charge is 2.49. The molecule has 2 fully saturated rings. The van der Waals surface area contributed by atoms with Crippen LogP contribution in [0.25, 0.3) is 11.3 Å². The summed E-state index contributed by atoms with van der Waals surface area (Å²) in [4.78, 5) is 28.7. The molecule has 0 unspecified atom stereocenters. The summed E-state index contributed by atoms with van der Waals surface area (Å²) in [5.41, 5.74) is -1.87. The molecule has 1 aromatic heterocycles. The lowest BCUT2D eigenvalue weighted by Gasteiger charge is -2.54. The van der Waals surface area contributed by atoms with Gasteiger partial charge in [0, 0.05) is 31.3 Å². The van der Waals surface area contributed by atoms with E-state index in [1.165, 1.54) is 18.2 Å². The van der Waals surface area contributed by atoms with Crippen LogP contribution in [-0.2, 0) is 10.3 Å². The van der Waals surface area contributed by atoms with Crippen molar-refractivity contribution in [2.24, 2.45) is 0 Å². The van der Waals surface area contributed by atoms with Crippen LogP contribution in [0.2, 0.25) is 0 Å². The number of rotatable bonds is 8. The summed E-state index contributed by atoms with van der Waals surface area (Å²) in [5, 5.41) is 19.4. The first-order valence-electron chi connectivity index (χ1n) is 13.8. The standard InChI is InChI=1S/C30H32F4N4O4/c1-29(2,17-3-10-22(32)24(34)11-17)35-27(40)14-30(15-38(16-30)19-5-7-20(39)8-6-19)36-28(41)25-13-26(42-37-25)21-9-4-18(31)12-23(21)33/h3-4,9-13,19-20,39H,5-8,14-16H2,1-2H3,(H,35,40)(H,36,41). The number of aliphatic hydroxyl groups excluding tert-OH is 1. The van der Waals surface area contributed by atoms with E-state index in [2.05, 4.69) is 20.7 Å². The minimum Gasteiger partial charge on any atom is -0.393 e. The molecule has 1 saturated heterocycles. The van der Waals surface area contributed by atoms with Crippen LogP contribution in [-0.4, -0.2) is 57.8 Å². The lowest BCUT2D eigenvalue weighted by Crippen LogP contribution is -2.73. The molecule has 2 aromatic carbocycles. The minimum absolute atomic E-state index is 0.0614. The van der Waals surface area contributed by atoms with Crippen molar-refractivity contribution in [2.45, 2.75) is 69.2 Å². The fourth-order valence-electron chi connectivity index (χ4n) is 5.81. The van der Waals surface area contributed by atoms with Crippen molar-refractivity contribution in [3.05, 3.63) is 77.0 Å². The van der Waals surface area contributed by atoms with Crippen LogP contribution < -0.4 is 10.6 Å². The summed E-state index contributed by atoms with van der Waals surface area (Å²) < 4.78 is 60.0. The summed E-state index contributed by atoms with van der Waals surface area (Å²) in [6.07, 6.45) is 2.47. The van der Waals surface area contributed by atoms with Crippen LogP contribution in [0.1, 0.15) is 62.0 Å². The van der Waals surface area contributed by atoms with Gasteiger partial charge in [0.05, 0.1) is 29.2 Å². The largest absolute Gasteiger partial charge is 0.393 e. The van der Waals surface area contributed by atoms with E-state index in [1.807, 2.05) is 0 Å². The number of carbonyl (C=O) groups excluding carboxylic acids is 2. The van der Waals surface area contributed by atoms with E-state index in [0.717, 1.165) is 31.0 Å². The molecular formula is C30H32F4N4O4. The van der Waals surface area contributed by atoms with E-state index in [9.17, 15) is 32.3 Å². The molecule has 0 radical (unpaired) electrons. The maximum absolute atomic E-state index is 14.2. The second kappa shape index (κ2) is 11.5. The zero-order valence-corrected chi connectivity index (χ0v) is 23.2. The van der Waals surface area contributed by atoms with E-state index >= 15 is 0 Å². The SMILES string of the molecule is CC(C)(NC(=O)CC1(NC(=O)c2cc(-c3ccc(F)cc3F)on2)CN(C2CCC(O)CC2)C1)c1ccc(F)c(F)c1. The Labute approximate surface area is 240 Å². The molecular weight excluding hydrogens is 556 g/mol. The second-order valence-corrected chi connectivity index (χ2v) is 11.8. The van der Waals surface area contributed by atoms with Crippen molar-refractivity contribution >= 4 is 11.8 Å². The van der Waals surface area contributed by atoms with Gasteiger partial charge in [-0.3, -0.25) is 14.5 Å². The number of hydrogen-bond donors (Lipinski definition) is 3. The van der Waals surface area contributed by atoms with Crippen LogP contribution in [0.3, 0.4) is 0 Å². The van der Waals surface area contributed by atoms with E-state index < -0.39 is 46.2 Å². The average Bonchev–Trinajstić information content (AvgIpc) is 3.39. The number of hydrogen-bond acceptors (Lipinski definition) is 6. The van der Waals surface area contributed by atoms with E-state index in [0.29, 0.717) is 37.6 Å². The lowest BCUT2D eigenvalue weighted by atomic mass is 9.80. The molecule has 224 valence electrons. The van der Waals surface area contributed by atoms with Crippen molar-refractivity contribution in [3.8, 4) is 11.3 Å². The molecule has 5 rings (SSSR count). The molecule has 3 N–H and O–H groups in total. The molecule has 2 heterocycles. The molecule has 1 aliphatic carbocycles. The fraction of sp³-hybridized carbons (Fsp3) is 0.433. The summed E-state index contributed by atoms with van der Waals surface area (Å²) in [7, 11) is 0. The van der Waals surface area contributed by atoms with Gasteiger partial charge in [0.25, 0.3) is 5.91 Å². The number of nitrogens with zero attached hydrogens (tertiary/aromatic N) is 2. The third-order valence-electron chi connectivity index (χ3n) is 8.10. The third kappa shape index (κ3) is 6.34. The normalized spacial score (nSPS) is 20.5. The Morgan fingerprint density at radius 2 is 1.71 bits per heavy atom. The molecule has 1 saturated carbocycles. The Bertz CT molecular complexity index is 1480. The van der Waals surface area contributed by atoms with Crippen molar-refractivity contribution in [1.82, 2.24) is 20.7 Å². The van der Waals surface area contributed by atoms with Crippen molar-refractivity contribution in [2.75, 3.05) is 13.1 Å². The van der Waals surface area contributed by atoms with Gasteiger partial charge in [0.2, 0.25) is 5.91 Å². The molecule has 0 bridgehead atoms. The monoisotopic (exact) mass is 588 g/mol. The van der Waals surface area contributed by atoms with Crippen molar-refractivity contribution in [3.63, 3.8) is 0 Å². The van der Waals surface area contributed by atoms with Crippen LogP contribution in [0, 0.1) is 23.3 Å². The van der Waals surface area contributed by atoms with Crippen LogP contribution >= 0.6 is 0 Å². The molecule has 8 nitrogen and oxygen atoms in total. The summed E-state index contributed by atoms with van der Waals surface area (Å²) in [5.74, 6) is -4.78. The van der Waals surface area contributed by atoms with Crippen LogP contribution in [0.4, 0.5) is 17.6 Å². The molecule has 42 heavy (non-hydrogen) atoms. The molecule has 1 aliphatic heterocycles. The second-order valence-electron chi connectivity index (χ2n) is 11.8.